The number of carbonyl (C=O) groups excluding carboxylic acids is 1. The van der Waals surface area contributed by atoms with Crippen molar-refractivity contribution in [2.24, 2.45) is 0 Å². The molecule has 4 aromatic heterocycles. The Morgan fingerprint density at radius 1 is 0.580 bits per heavy atom. The number of likely N-dealkylation sites (N-methyl/N-ethyl adjacent to an activating group) is 3. The summed E-state index contributed by atoms with van der Waals surface area (Å²) in [5.41, 5.74) is 23.7. The van der Waals surface area contributed by atoms with Crippen molar-refractivity contribution in [3.63, 3.8) is 0 Å². The van der Waals surface area contributed by atoms with Crippen molar-refractivity contribution >= 4 is 93.4 Å². The van der Waals surface area contributed by atoms with Crippen molar-refractivity contribution in [3.05, 3.63) is 212 Å². The highest BCUT2D eigenvalue weighted by Gasteiger charge is 2.47. The number of benzene rings is 5. The lowest BCUT2D eigenvalue weighted by molar-refractivity contribution is -0.327. The number of nitrogens with zero attached hydrogens (tertiary/aromatic N) is 5. The molecule has 0 saturated carbocycles. The number of hydrogen-bond donors (Lipinski definition) is 12. The normalized spacial score (nSPS) is 16.0. The molecule has 1 aliphatic heterocycles. The summed E-state index contributed by atoms with van der Waals surface area (Å²) in [6.45, 7) is 17.3. The molecule has 0 amide bonds. The van der Waals surface area contributed by atoms with Gasteiger partial charge in [-0.05, 0) is 180 Å². The molecule has 112 heavy (non-hydrogen) atoms. The molecule has 1 aliphatic rings. The monoisotopic (exact) mass is 1610 g/mol. The van der Waals surface area contributed by atoms with Gasteiger partial charge in [0.2, 0.25) is 0 Å². The molecule has 1 fully saturated rings. The van der Waals surface area contributed by atoms with Crippen LogP contribution in [-0.2, 0) is 9.47 Å². The van der Waals surface area contributed by atoms with E-state index >= 15 is 0 Å². The summed E-state index contributed by atoms with van der Waals surface area (Å²) in [4.78, 5) is 26.4. The summed E-state index contributed by atoms with van der Waals surface area (Å²) in [6, 6.07) is 57.0. The maximum absolute atomic E-state index is 10.7. The third kappa shape index (κ3) is 33.0. The van der Waals surface area contributed by atoms with Crippen LogP contribution in [0.1, 0.15) is 87.6 Å². The minimum atomic E-state index is -1.78. The van der Waals surface area contributed by atoms with Crippen LogP contribution in [0.5, 0.6) is 5.75 Å². The van der Waals surface area contributed by atoms with Crippen molar-refractivity contribution < 1.29 is 65.0 Å². The van der Waals surface area contributed by atoms with E-state index in [1.165, 1.54) is 65.1 Å². The Morgan fingerprint density at radius 2 is 1.03 bits per heavy atom. The van der Waals surface area contributed by atoms with Crippen LogP contribution in [0.3, 0.4) is 0 Å². The zero-order chi connectivity index (χ0) is 82.8. The first kappa shape index (κ1) is 95.9. The number of nitrogens with one attached hydrogen (secondary N) is 1. The summed E-state index contributed by atoms with van der Waals surface area (Å²) in [6.07, 6.45) is -2.51. The highest BCUT2D eigenvalue weighted by Crippen LogP contribution is 2.40. The lowest BCUT2D eigenvalue weighted by atomic mass is 9.98. The fourth-order valence-electron chi connectivity index (χ4n) is 10.2. The smallest absolute Gasteiger partial charge is 0.187 e. The van der Waals surface area contributed by atoms with Crippen LogP contribution in [0.25, 0.3) is 70.8 Å². The molecule has 604 valence electrons. The van der Waals surface area contributed by atoms with Gasteiger partial charge in [0.15, 0.2) is 12.6 Å². The average Bonchev–Trinajstić information content (AvgIpc) is 1.17. The number of anilines is 2. The molecule has 9 aromatic rings. The fourth-order valence-corrected chi connectivity index (χ4v) is 14.2. The first-order valence-corrected chi connectivity index (χ1v) is 40.2. The topological polar surface area (TPSA) is 348 Å². The SMILES string of the molecule is CC.CCC.CN(C)CCN(C)CCN(C)C.COc1cc(/C=C/c2ccc(N)cc2)c(C)cc1/C=C/c1ccc(N)cc1.Cc1ccc(-c2ccc(-c3ccc(C=C(C#N)C#N)s3)s2)cc1.Cc1ccc(-c2ccc(-c3ccc(C=O)s3)s2)cc1.OCCNCC(O)C(O)C(OC1OC(CO)C(O)C(O)C1O)C(O)CO. The molecule has 10 rings (SSSR count). The number of aliphatic hydroxyl groups is 9. The van der Waals surface area contributed by atoms with Crippen molar-refractivity contribution in [3.8, 4) is 58.3 Å². The predicted octanol–water partition coefficient (Wildman–Crippen LogP) is 13.0. The van der Waals surface area contributed by atoms with E-state index in [4.69, 9.17) is 51.5 Å². The van der Waals surface area contributed by atoms with Gasteiger partial charge in [0.1, 0.15) is 66.2 Å². The molecule has 0 spiro atoms. The van der Waals surface area contributed by atoms with Crippen molar-refractivity contribution in [1.29, 1.82) is 10.5 Å². The Hall–Kier alpha value is -8.43. The first-order valence-electron chi connectivity index (χ1n) is 36.9. The maximum Gasteiger partial charge on any atom is 0.187 e. The molecule has 5 aromatic carbocycles. The quantitative estimate of drug-likeness (QED) is 0.00712. The Labute approximate surface area is 677 Å². The van der Waals surface area contributed by atoms with Gasteiger partial charge in [-0.15, -0.1) is 45.3 Å². The number of aliphatic hydroxyl groups excluding tert-OH is 9. The third-order valence-corrected chi connectivity index (χ3v) is 21.3. The molecular formula is C87H114N8O13S4. The lowest BCUT2D eigenvalue weighted by Crippen LogP contribution is -2.61. The average molecular weight is 1610 g/mol. The number of nitriles is 2. The Balaban J connectivity index is 0.000000296. The largest absolute Gasteiger partial charge is 0.496 e. The van der Waals surface area contributed by atoms with Crippen LogP contribution in [0.4, 0.5) is 11.4 Å². The van der Waals surface area contributed by atoms with Crippen LogP contribution in [-0.4, -0.2) is 224 Å². The molecule has 9 unspecified atom stereocenters. The number of nitrogens with two attached hydrogens (primary N) is 2. The predicted molar refractivity (Wildman–Crippen MR) is 463 cm³/mol. The van der Waals surface area contributed by atoms with E-state index in [9.17, 15) is 35.4 Å². The van der Waals surface area contributed by atoms with Gasteiger partial charge in [0.25, 0.3) is 0 Å². The van der Waals surface area contributed by atoms with E-state index in [2.05, 4.69) is 199 Å². The molecule has 25 heteroatoms. The number of ether oxygens (including phenoxy) is 3. The number of rotatable bonds is 28. The highest BCUT2D eigenvalue weighted by molar-refractivity contribution is 7.25. The second kappa shape index (κ2) is 52.1. The summed E-state index contributed by atoms with van der Waals surface area (Å²) in [5.74, 6) is 0.837. The molecular weight excluding hydrogens is 1490 g/mol. The van der Waals surface area contributed by atoms with Crippen molar-refractivity contribution in [2.45, 2.75) is 110 Å². The lowest BCUT2D eigenvalue weighted by Gasteiger charge is -2.42. The van der Waals surface area contributed by atoms with E-state index in [0.29, 0.717) is 0 Å². The third-order valence-electron chi connectivity index (χ3n) is 16.6. The Bertz CT molecular complexity index is 4290. The van der Waals surface area contributed by atoms with E-state index in [1.54, 1.807) is 47.2 Å². The van der Waals surface area contributed by atoms with Crippen LogP contribution in [0.15, 0.2) is 163 Å². The zero-order valence-electron chi connectivity index (χ0n) is 66.4. The number of aldehydes is 1. The fraction of sp³-hybridized carbons (Fsp3) is 0.368. The van der Waals surface area contributed by atoms with Crippen LogP contribution < -0.4 is 21.5 Å². The highest BCUT2D eigenvalue weighted by atomic mass is 32.1. The molecule has 1 saturated heterocycles. The van der Waals surface area contributed by atoms with Gasteiger partial charge in [0, 0.05) is 90.3 Å². The van der Waals surface area contributed by atoms with Crippen LogP contribution in [0, 0.1) is 43.4 Å². The van der Waals surface area contributed by atoms with Gasteiger partial charge in [0.05, 0.1) is 37.9 Å². The van der Waals surface area contributed by atoms with Crippen molar-refractivity contribution in [2.75, 3.05) is 113 Å². The standard InChI is InChI=1S/C24H24N2O.C19H12N2S2.C16H12OS2.C14H29NO11.C9H23N3.C3H8.C2H6/c1-17-15-21(10-4-19-7-13-23(26)14-8-19)24(27-2)16-20(17)9-3-18-5-11-22(25)12-6-18;1-13-2-4-15(5-3-13)17-8-9-19(23-17)18-7-6-16(22-18)10-14(11-20)12-21;1-11-2-4-12(5-3-11)14-8-9-16(19-14)15-7-6-13(10-17)18-15;16-2-1-15-3-6(19)9(21)13(7(20)4-17)26-14-12(24)11(23)10(22)8(5-18)25-14;1-10(2)6-8-12(5)9-7-11(3)4;1-3-2;1-2/h3-16H,25-26H2,1-2H3;2-10H,1H3;2-10H,1H3;6-24H,1-5H2;6-9H2,1-5H3;3H2,1-2H3;1-2H3/b9-3+,10-4+;;;;;;. The Kier molecular flexibility index (Phi) is 44.6. The first-order chi connectivity index (χ1) is 53.7. The summed E-state index contributed by atoms with van der Waals surface area (Å²) in [5, 5.41) is 107. The van der Waals surface area contributed by atoms with E-state index in [0.717, 1.165) is 91.4 Å². The molecule has 21 nitrogen and oxygen atoms in total. The molecule has 5 heterocycles. The maximum atomic E-state index is 10.7. The van der Waals surface area contributed by atoms with E-state index in [1.807, 2.05) is 98.8 Å². The van der Waals surface area contributed by atoms with Gasteiger partial charge in [-0.25, -0.2) is 0 Å². The summed E-state index contributed by atoms with van der Waals surface area (Å²) in [7, 11) is 12.3. The molecule has 0 aliphatic carbocycles. The number of aryl methyl sites for hydroxylation is 3. The van der Waals surface area contributed by atoms with Crippen LogP contribution >= 0.6 is 45.3 Å². The van der Waals surface area contributed by atoms with Gasteiger partial charge >= 0.3 is 0 Å². The molecule has 9 atom stereocenters. The number of carbonyl (C=O) groups is 1. The number of nitrogen functional groups attached to an aromatic ring is 2. The van der Waals surface area contributed by atoms with Crippen molar-refractivity contribution in [1.82, 2.24) is 20.0 Å². The van der Waals surface area contributed by atoms with E-state index in [-0.39, 0.29) is 25.3 Å². The zero-order valence-corrected chi connectivity index (χ0v) is 69.7. The molecule has 14 N–H and O–H groups in total. The Morgan fingerprint density at radius 3 is 1.46 bits per heavy atom. The second-order valence-electron chi connectivity index (χ2n) is 26.5. The molecule has 0 radical (unpaired) electrons. The van der Waals surface area contributed by atoms with Gasteiger partial charge in [-0.2, -0.15) is 10.5 Å². The second-order valence-corrected chi connectivity index (χ2v) is 30.9. The minimum absolute atomic E-state index is 0.130. The number of thiophene rings is 4. The minimum Gasteiger partial charge on any atom is -0.496 e. The van der Waals surface area contributed by atoms with Gasteiger partial charge < -0.3 is 91.7 Å². The van der Waals surface area contributed by atoms with Crippen LogP contribution in [0.2, 0.25) is 0 Å². The summed E-state index contributed by atoms with van der Waals surface area (Å²) >= 11 is 6.64. The number of methoxy groups -OCH3 is 1. The number of hydrogen-bond acceptors (Lipinski definition) is 25. The van der Waals surface area contributed by atoms with Gasteiger partial charge in [-0.3, -0.25) is 4.79 Å². The van der Waals surface area contributed by atoms with E-state index < -0.39 is 68.3 Å². The summed E-state index contributed by atoms with van der Waals surface area (Å²) < 4.78 is 16.0. The molecule has 0 bridgehead atoms. The number of allylic oxidation sites excluding steroid dienone is 1. The van der Waals surface area contributed by atoms with Gasteiger partial charge in [-0.1, -0.05) is 142 Å².